The molecule has 1 aromatic carbocycles. The molecule has 5 nitrogen and oxygen atoms in total. The van der Waals surface area contributed by atoms with Crippen LogP contribution >= 0.6 is 0 Å². The topological polar surface area (TPSA) is 67.6 Å². The van der Waals surface area contributed by atoms with Gasteiger partial charge in [-0.15, -0.1) is 0 Å². The highest BCUT2D eigenvalue weighted by Crippen LogP contribution is 2.30. The van der Waals surface area contributed by atoms with E-state index in [-0.39, 0.29) is 18.0 Å². The molecule has 1 aromatic rings. The van der Waals surface area contributed by atoms with Crippen molar-refractivity contribution < 1.29 is 9.53 Å². The summed E-state index contributed by atoms with van der Waals surface area (Å²) in [5.74, 6) is 0.0842. The second-order valence-electron chi connectivity index (χ2n) is 6.32. The molecular formula is C17H25N3O2. The van der Waals surface area contributed by atoms with Gasteiger partial charge in [0, 0.05) is 32.3 Å². The molecule has 1 aliphatic carbocycles. The minimum Gasteiger partial charge on any atom is -0.383 e. The van der Waals surface area contributed by atoms with Gasteiger partial charge in [0.05, 0.1) is 12.6 Å². The predicted molar refractivity (Wildman–Crippen MR) is 85.6 cm³/mol. The number of rotatable bonds is 5. The number of likely N-dealkylation sites (tertiary alicyclic amines) is 1. The number of nitrogens with one attached hydrogen (secondary N) is 1. The van der Waals surface area contributed by atoms with Gasteiger partial charge in [0.25, 0.3) is 0 Å². The van der Waals surface area contributed by atoms with Crippen molar-refractivity contribution in [3.05, 3.63) is 35.4 Å². The van der Waals surface area contributed by atoms with Crippen molar-refractivity contribution in [2.24, 2.45) is 5.73 Å². The molecule has 1 heterocycles. The van der Waals surface area contributed by atoms with E-state index >= 15 is 0 Å². The van der Waals surface area contributed by atoms with Crippen LogP contribution in [0.4, 0.5) is 0 Å². The lowest BCUT2D eigenvalue weighted by molar-refractivity contribution is -0.126. The fourth-order valence-electron chi connectivity index (χ4n) is 3.72. The molecule has 0 saturated carbocycles. The Kier molecular flexibility index (Phi) is 4.76. The smallest absolute Gasteiger partial charge is 0.237 e. The SMILES string of the molecule is COCCNC(=O)[C@@H]1C[C@@H](N)CN1C1Cc2ccccc2C1. The van der Waals surface area contributed by atoms with E-state index in [0.29, 0.717) is 19.2 Å². The van der Waals surface area contributed by atoms with E-state index < -0.39 is 0 Å². The molecule has 1 amide bonds. The molecule has 2 aliphatic rings. The minimum absolute atomic E-state index is 0.0842. The maximum Gasteiger partial charge on any atom is 0.237 e. The summed E-state index contributed by atoms with van der Waals surface area (Å²) in [5.41, 5.74) is 8.95. The van der Waals surface area contributed by atoms with Crippen LogP contribution in [0.5, 0.6) is 0 Å². The Hall–Kier alpha value is -1.43. The van der Waals surface area contributed by atoms with E-state index in [9.17, 15) is 4.79 Å². The zero-order valence-electron chi connectivity index (χ0n) is 13.1. The largest absolute Gasteiger partial charge is 0.383 e. The van der Waals surface area contributed by atoms with Gasteiger partial charge in [0.1, 0.15) is 0 Å². The highest BCUT2D eigenvalue weighted by molar-refractivity contribution is 5.82. The van der Waals surface area contributed by atoms with Crippen LogP contribution in [0, 0.1) is 0 Å². The number of carbonyl (C=O) groups excluding carboxylic acids is 1. The third-order valence-electron chi connectivity index (χ3n) is 4.78. The summed E-state index contributed by atoms with van der Waals surface area (Å²) in [6.45, 7) is 1.90. The van der Waals surface area contributed by atoms with E-state index in [4.69, 9.17) is 10.5 Å². The molecular weight excluding hydrogens is 278 g/mol. The Balaban J connectivity index is 1.66. The highest BCUT2D eigenvalue weighted by atomic mass is 16.5. The van der Waals surface area contributed by atoms with Crippen LogP contribution in [-0.4, -0.2) is 55.7 Å². The number of fused-ring (bicyclic) bond motifs is 1. The van der Waals surface area contributed by atoms with Gasteiger partial charge in [-0.1, -0.05) is 24.3 Å². The molecule has 22 heavy (non-hydrogen) atoms. The van der Waals surface area contributed by atoms with Gasteiger partial charge in [0.15, 0.2) is 0 Å². The second kappa shape index (κ2) is 6.77. The normalized spacial score (nSPS) is 25.4. The Morgan fingerprint density at radius 2 is 2.05 bits per heavy atom. The van der Waals surface area contributed by atoms with Crippen LogP contribution in [0.15, 0.2) is 24.3 Å². The van der Waals surface area contributed by atoms with Crippen LogP contribution in [0.25, 0.3) is 0 Å². The van der Waals surface area contributed by atoms with Crippen molar-refractivity contribution in [3.63, 3.8) is 0 Å². The average Bonchev–Trinajstić information content (AvgIpc) is 3.10. The standard InChI is InChI=1S/C17H25N3O2/c1-22-7-6-19-17(21)16-10-14(18)11-20(16)15-8-12-4-2-3-5-13(12)9-15/h2-5,14-16H,6-11,18H2,1H3,(H,19,21)/t14-,16+/m1/s1. The molecule has 0 aromatic heterocycles. The average molecular weight is 303 g/mol. The van der Waals surface area contributed by atoms with Gasteiger partial charge in [-0.05, 0) is 30.4 Å². The lowest BCUT2D eigenvalue weighted by atomic mass is 10.1. The highest BCUT2D eigenvalue weighted by Gasteiger charge is 2.40. The number of nitrogens with zero attached hydrogens (tertiary/aromatic N) is 1. The molecule has 5 heteroatoms. The van der Waals surface area contributed by atoms with Crippen molar-refractivity contribution in [2.45, 2.75) is 37.4 Å². The first-order chi connectivity index (χ1) is 10.7. The van der Waals surface area contributed by atoms with Gasteiger partial charge < -0.3 is 15.8 Å². The number of hydrogen-bond donors (Lipinski definition) is 2. The van der Waals surface area contributed by atoms with Crippen LogP contribution in [0.2, 0.25) is 0 Å². The van der Waals surface area contributed by atoms with Crippen molar-refractivity contribution in [1.82, 2.24) is 10.2 Å². The van der Waals surface area contributed by atoms with Crippen molar-refractivity contribution in [1.29, 1.82) is 0 Å². The molecule has 0 radical (unpaired) electrons. The number of methoxy groups -OCH3 is 1. The number of benzene rings is 1. The lowest BCUT2D eigenvalue weighted by Crippen LogP contribution is -2.48. The van der Waals surface area contributed by atoms with Crippen LogP contribution < -0.4 is 11.1 Å². The molecule has 120 valence electrons. The zero-order chi connectivity index (χ0) is 15.5. The quantitative estimate of drug-likeness (QED) is 0.769. The van der Waals surface area contributed by atoms with Gasteiger partial charge >= 0.3 is 0 Å². The summed E-state index contributed by atoms with van der Waals surface area (Å²) in [5, 5.41) is 2.96. The van der Waals surface area contributed by atoms with Gasteiger partial charge in [-0.25, -0.2) is 0 Å². The predicted octanol–water partition coefficient (Wildman–Crippen LogP) is 0.318. The fourth-order valence-corrected chi connectivity index (χ4v) is 3.72. The van der Waals surface area contributed by atoms with Crippen molar-refractivity contribution in [2.75, 3.05) is 26.8 Å². The summed E-state index contributed by atoms with van der Waals surface area (Å²) in [6.07, 6.45) is 2.78. The van der Waals surface area contributed by atoms with Crippen LogP contribution in [0.3, 0.4) is 0 Å². The monoisotopic (exact) mass is 303 g/mol. The maximum absolute atomic E-state index is 12.4. The summed E-state index contributed by atoms with van der Waals surface area (Å²) >= 11 is 0. The van der Waals surface area contributed by atoms with E-state index in [1.807, 2.05) is 0 Å². The van der Waals surface area contributed by atoms with Crippen LogP contribution in [-0.2, 0) is 22.4 Å². The second-order valence-corrected chi connectivity index (χ2v) is 6.32. The van der Waals surface area contributed by atoms with Crippen LogP contribution in [0.1, 0.15) is 17.5 Å². The fraction of sp³-hybridized carbons (Fsp3) is 0.588. The zero-order valence-corrected chi connectivity index (χ0v) is 13.1. The minimum atomic E-state index is -0.105. The third-order valence-corrected chi connectivity index (χ3v) is 4.78. The van der Waals surface area contributed by atoms with Crippen molar-refractivity contribution in [3.8, 4) is 0 Å². The molecule has 1 saturated heterocycles. The van der Waals surface area contributed by atoms with E-state index in [2.05, 4.69) is 34.5 Å². The summed E-state index contributed by atoms with van der Waals surface area (Å²) in [4.78, 5) is 14.8. The lowest BCUT2D eigenvalue weighted by Gasteiger charge is -2.29. The van der Waals surface area contributed by atoms with E-state index in [1.165, 1.54) is 11.1 Å². The Bertz CT molecular complexity index is 509. The van der Waals surface area contributed by atoms with Gasteiger partial charge in [-0.3, -0.25) is 9.69 Å². The van der Waals surface area contributed by atoms with Gasteiger partial charge in [0.2, 0.25) is 5.91 Å². The molecule has 2 atom stereocenters. The Labute approximate surface area is 131 Å². The third kappa shape index (κ3) is 3.16. The molecule has 3 rings (SSSR count). The first-order valence-corrected chi connectivity index (χ1v) is 8.03. The summed E-state index contributed by atoms with van der Waals surface area (Å²) < 4.78 is 4.99. The molecule has 0 spiro atoms. The van der Waals surface area contributed by atoms with Crippen molar-refractivity contribution >= 4 is 5.91 Å². The molecule has 0 bridgehead atoms. The molecule has 1 aliphatic heterocycles. The number of nitrogens with two attached hydrogens (primary N) is 1. The number of carbonyl (C=O) groups is 1. The number of hydrogen-bond acceptors (Lipinski definition) is 4. The Morgan fingerprint density at radius 3 is 2.68 bits per heavy atom. The van der Waals surface area contributed by atoms with E-state index in [1.54, 1.807) is 7.11 Å². The number of ether oxygens (including phenoxy) is 1. The Morgan fingerprint density at radius 1 is 1.36 bits per heavy atom. The molecule has 1 fully saturated rings. The summed E-state index contributed by atoms with van der Waals surface area (Å²) in [7, 11) is 1.64. The summed E-state index contributed by atoms with van der Waals surface area (Å²) in [6, 6.07) is 8.94. The van der Waals surface area contributed by atoms with Gasteiger partial charge in [-0.2, -0.15) is 0 Å². The van der Waals surface area contributed by atoms with E-state index in [0.717, 1.165) is 25.8 Å². The molecule has 0 unspecified atom stereocenters. The first kappa shape index (κ1) is 15.5. The number of amides is 1. The molecule has 3 N–H and O–H groups in total. The maximum atomic E-state index is 12.4. The first-order valence-electron chi connectivity index (χ1n) is 8.03.